The molecule has 0 aromatic heterocycles. The van der Waals surface area contributed by atoms with Crippen LogP contribution in [0.2, 0.25) is 0 Å². The van der Waals surface area contributed by atoms with Gasteiger partial charge in [-0.1, -0.05) is 12.1 Å². The summed E-state index contributed by atoms with van der Waals surface area (Å²) in [6, 6.07) is 6.44. The number of carbonyl (C=O) groups excluding carboxylic acids is 1. The van der Waals surface area contributed by atoms with Crippen LogP contribution < -0.4 is 10.6 Å². The van der Waals surface area contributed by atoms with Crippen LogP contribution >= 0.6 is 0 Å². The molecule has 1 aromatic rings. The molecule has 0 saturated carbocycles. The average Bonchev–Trinajstić information content (AvgIpc) is 2.74. The molecular formula is C13H18N2O. The van der Waals surface area contributed by atoms with Crippen LogP contribution in [0.4, 0.5) is 5.69 Å². The summed E-state index contributed by atoms with van der Waals surface area (Å²) in [4.78, 5) is 11.3. The fourth-order valence-corrected chi connectivity index (χ4v) is 2.06. The number of aryl methyl sites for hydroxylation is 1. The first-order valence-electron chi connectivity index (χ1n) is 5.92. The third-order valence-corrected chi connectivity index (χ3v) is 2.89. The third kappa shape index (κ3) is 2.54. The van der Waals surface area contributed by atoms with Crippen molar-refractivity contribution in [1.82, 2.24) is 5.32 Å². The molecular weight excluding hydrogens is 200 g/mol. The summed E-state index contributed by atoms with van der Waals surface area (Å²) in [5.41, 5.74) is 3.89. The van der Waals surface area contributed by atoms with E-state index in [0.717, 1.165) is 19.4 Å². The number of rotatable bonds is 4. The Hall–Kier alpha value is -1.51. The Labute approximate surface area is 96.2 Å². The van der Waals surface area contributed by atoms with Gasteiger partial charge < -0.3 is 10.6 Å². The molecule has 1 heterocycles. The Morgan fingerprint density at radius 3 is 3.19 bits per heavy atom. The maximum absolute atomic E-state index is 11.3. The minimum Gasteiger partial charge on any atom is -0.384 e. The third-order valence-electron chi connectivity index (χ3n) is 2.89. The second kappa shape index (κ2) is 5.01. The molecule has 0 atom stereocenters. The standard InChI is InChI=1S/C13H18N2O/c1-2-14-13(16)6-4-10-3-5-12-11(9-10)7-8-15-12/h3,5,9,15H,2,4,6-8H2,1H3,(H,14,16). The summed E-state index contributed by atoms with van der Waals surface area (Å²) in [5.74, 6) is 0.140. The Balaban J connectivity index is 1.93. The normalized spacial score (nSPS) is 13.1. The molecule has 1 aliphatic rings. The van der Waals surface area contributed by atoms with E-state index in [1.165, 1.54) is 16.8 Å². The van der Waals surface area contributed by atoms with Crippen molar-refractivity contribution in [2.45, 2.75) is 26.2 Å². The molecule has 0 bridgehead atoms. The van der Waals surface area contributed by atoms with Crippen molar-refractivity contribution in [3.8, 4) is 0 Å². The molecule has 16 heavy (non-hydrogen) atoms. The SMILES string of the molecule is CCNC(=O)CCc1ccc2c(c1)CCN2. The Bertz CT molecular complexity index is 388. The molecule has 86 valence electrons. The molecule has 3 nitrogen and oxygen atoms in total. The Morgan fingerprint density at radius 2 is 2.38 bits per heavy atom. The topological polar surface area (TPSA) is 41.1 Å². The number of hydrogen-bond donors (Lipinski definition) is 2. The smallest absolute Gasteiger partial charge is 0.220 e. The van der Waals surface area contributed by atoms with Gasteiger partial charge in [0.25, 0.3) is 0 Å². The second-order valence-electron chi connectivity index (χ2n) is 4.12. The number of nitrogens with one attached hydrogen (secondary N) is 2. The number of amides is 1. The van der Waals surface area contributed by atoms with Crippen molar-refractivity contribution in [2.75, 3.05) is 18.4 Å². The first kappa shape index (κ1) is 11.0. The van der Waals surface area contributed by atoms with E-state index in [2.05, 4.69) is 28.8 Å². The quantitative estimate of drug-likeness (QED) is 0.808. The first-order valence-corrected chi connectivity index (χ1v) is 5.92. The van der Waals surface area contributed by atoms with Gasteiger partial charge in [0.15, 0.2) is 0 Å². The van der Waals surface area contributed by atoms with Crippen LogP contribution in [-0.2, 0) is 17.6 Å². The van der Waals surface area contributed by atoms with E-state index < -0.39 is 0 Å². The zero-order chi connectivity index (χ0) is 11.4. The van der Waals surface area contributed by atoms with Crippen molar-refractivity contribution in [3.05, 3.63) is 29.3 Å². The van der Waals surface area contributed by atoms with Crippen LogP contribution in [0.5, 0.6) is 0 Å². The predicted molar refractivity (Wildman–Crippen MR) is 65.6 cm³/mol. The van der Waals surface area contributed by atoms with E-state index >= 15 is 0 Å². The van der Waals surface area contributed by atoms with Gasteiger partial charge in [-0.3, -0.25) is 4.79 Å². The lowest BCUT2D eigenvalue weighted by molar-refractivity contribution is -0.120. The van der Waals surface area contributed by atoms with E-state index in [1.807, 2.05) is 6.92 Å². The lowest BCUT2D eigenvalue weighted by Gasteiger charge is -2.05. The highest BCUT2D eigenvalue weighted by atomic mass is 16.1. The van der Waals surface area contributed by atoms with E-state index in [-0.39, 0.29) is 5.91 Å². The largest absolute Gasteiger partial charge is 0.384 e. The van der Waals surface area contributed by atoms with Crippen molar-refractivity contribution in [1.29, 1.82) is 0 Å². The van der Waals surface area contributed by atoms with Gasteiger partial charge in [-0.2, -0.15) is 0 Å². The van der Waals surface area contributed by atoms with Gasteiger partial charge in [-0.15, -0.1) is 0 Å². The Morgan fingerprint density at radius 1 is 1.50 bits per heavy atom. The molecule has 1 amide bonds. The fraction of sp³-hybridized carbons (Fsp3) is 0.462. The molecule has 0 radical (unpaired) electrons. The molecule has 0 spiro atoms. The maximum Gasteiger partial charge on any atom is 0.220 e. The molecule has 3 heteroatoms. The van der Waals surface area contributed by atoms with Crippen LogP contribution in [-0.4, -0.2) is 19.0 Å². The summed E-state index contributed by atoms with van der Waals surface area (Å²) in [6.45, 7) is 3.70. The van der Waals surface area contributed by atoms with Gasteiger partial charge in [0.2, 0.25) is 5.91 Å². The molecule has 0 saturated heterocycles. The summed E-state index contributed by atoms with van der Waals surface area (Å²) in [7, 11) is 0. The lowest BCUT2D eigenvalue weighted by atomic mass is 10.0. The van der Waals surface area contributed by atoms with Gasteiger partial charge in [-0.25, -0.2) is 0 Å². The average molecular weight is 218 g/mol. The molecule has 2 N–H and O–H groups in total. The van der Waals surface area contributed by atoms with Crippen LogP contribution in [0.15, 0.2) is 18.2 Å². The highest BCUT2D eigenvalue weighted by Gasteiger charge is 2.10. The van der Waals surface area contributed by atoms with E-state index in [1.54, 1.807) is 0 Å². The van der Waals surface area contributed by atoms with Gasteiger partial charge >= 0.3 is 0 Å². The van der Waals surface area contributed by atoms with Gasteiger partial charge in [0.1, 0.15) is 0 Å². The molecule has 0 unspecified atom stereocenters. The number of carbonyl (C=O) groups is 1. The van der Waals surface area contributed by atoms with E-state index in [0.29, 0.717) is 13.0 Å². The number of fused-ring (bicyclic) bond motifs is 1. The predicted octanol–water partition coefficient (Wildman–Crippen LogP) is 1.72. The van der Waals surface area contributed by atoms with Gasteiger partial charge in [-0.05, 0) is 37.0 Å². The van der Waals surface area contributed by atoms with E-state index in [4.69, 9.17) is 0 Å². The number of benzene rings is 1. The molecule has 0 aliphatic carbocycles. The van der Waals surface area contributed by atoms with Crippen molar-refractivity contribution < 1.29 is 4.79 Å². The van der Waals surface area contributed by atoms with Crippen molar-refractivity contribution >= 4 is 11.6 Å². The molecule has 1 aromatic carbocycles. The van der Waals surface area contributed by atoms with Crippen LogP contribution in [0.1, 0.15) is 24.5 Å². The highest BCUT2D eigenvalue weighted by molar-refractivity contribution is 5.76. The second-order valence-corrected chi connectivity index (χ2v) is 4.12. The summed E-state index contributed by atoms with van der Waals surface area (Å²) in [6.07, 6.45) is 2.52. The zero-order valence-electron chi connectivity index (χ0n) is 9.68. The van der Waals surface area contributed by atoms with E-state index in [9.17, 15) is 4.79 Å². The maximum atomic E-state index is 11.3. The highest BCUT2D eigenvalue weighted by Crippen LogP contribution is 2.23. The molecule has 1 aliphatic heterocycles. The number of hydrogen-bond acceptors (Lipinski definition) is 2. The molecule has 2 rings (SSSR count). The summed E-state index contributed by atoms with van der Waals surface area (Å²) >= 11 is 0. The van der Waals surface area contributed by atoms with Crippen molar-refractivity contribution in [3.63, 3.8) is 0 Å². The minimum atomic E-state index is 0.140. The van der Waals surface area contributed by atoms with Crippen LogP contribution in [0.3, 0.4) is 0 Å². The van der Waals surface area contributed by atoms with Crippen molar-refractivity contribution in [2.24, 2.45) is 0 Å². The van der Waals surface area contributed by atoms with Gasteiger partial charge in [0, 0.05) is 25.2 Å². The Kier molecular flexibility index (Phi) is 3.44. The summed E-state index contributed by atoms with van der Waals surface area (Å²) in [5, 5.41) is 6.15. The monoisotopic (exact) mass is 218 g/mol. The summed E-state index contributed by atoms with van der Waals surface area (Å²) < 4.78 is 0. The van der Waals surface area contributed by atoms with Crippen LogP contribution in [0.25, 0.3) is 0 Å². The zero-order valence-corrected chi connectivity index (χ0v) is 9.68. The molecule has 0 fully saturated rings. The van der Waals surface area contributed by atoms with Gasteiger partial charge in [0.05, 0.1) is 0 Å². The fourth-order valence-electron chi connectivity index (χ4n) is 2.06. The first-order chi connectivity index (χ1) is 7.79. The lowest BCUT2D eigenvalue weighted by Crippen LogP contribution is -2.22. The number of anilines is 1. The minimum absolute atomic E-state index is 0.140. The van der Waals surface area contributed by atoms with Crippen LogP contribution in [0, 0.1) is 0 Å².